The summed E-state index contributed by atoms with van der Waals surface area (Å²) in [6, 6.07) is -0.151. The van der Waals surface area contributed by atoms with Crippen molar-refractivity contribution in [1.29, 1.82) is 0 Å². The lowest BCUT2D eigenvalue weighted by Gasteiger charge is -2.51. The number of ether oxygens (including phenoxy) is 1. The van der Waals surface area contributed by atoms with E-state index in [0.29, 0.717) is 18.3 Å². The SMILES string of the molecule is C=CCC[C@@H](OC)[C@@H](C)C(=O)N1[C@H]2CC3CCC3(C(C)C)[C@@H]2CS1(=O)=O. The Morgan fingerprint density at radius 3 is 2.58 bits per heavy atom. The minimum absolute atomic E-state index is 0.0940. The van der Waals surface area contributed by atoms with Gasteiger partial charge in [-0.1, -0.05) is 26.8 Å². The summed E-state index contributed by atoms with van der Waals surface area (Å²) in [5.74, 6) is 0.498. The molecule has 1 aliphatic heterocycles. The second-order valence-electron chi connectivity index (χ2n) is 8.75. The Labute approximate surface area is 158 Å². The fourth-order valence-electron chi connectivity index (χ4n) is 6.06. The second-order valence-corrected chi connectivity index (χ2v) is 10.6. The number of methoxy groups -OCH3 is 1. The van der Waals surface area contributed by atoms with Gasteiger partial charge in [0.2, 0.25) is 15.9 Å². The Bertz CT molecular complexity index is 673. The first-order chi connectivity index (χ1) is 12.2. The van der Waals surface area contributed by atoms with Gasteiger partial charge in [0, 0.05) is 13.0 Å². The van der Waals surface area contributed by atoms with Crippen molar-refractivity contribution in [2.24, 2.45) is 29.1 Å². The molecule has 3 rings (SSSR count). The molecular weight excluding hydrogens is 350 g/mol. The maximum Gasteiger partial charge on any atom is 0.241 e. The molecule has 1 saturated heterocycles. The molecule has 148 valence electrons. The highest BCUT2D eigenvalue weighted by atomic mass is 32.2. The lowest BCUT2D eigenvalue weighted by Crippen LogP contribution is -2.46. The molecule has 2 unspecified atom stereocenters. The zero-order chi connectivity index (χ0) is 19.3. The van der Waals surface area contributed by atoms with Crippen molar-refractivity contribution < 1.29 is 17.9 Å². The summed E-state index contributed by atoms with van der Waals surface area (Å²) < 4.78 is 32.6. The normalized spacial score (nSPS) is 37.0. The average Bonchev–Trinajstić information content (AvgIpc) is 2.92. The van der Waals surface area contributed by atoms with Gasteiger partial charge >= 0.3 is 0 Å². The number of hydrogen-bond acceptors (Lipinski definition) is 4. The Kier molecular flexibility index (Phi) is 5.30. The summed E-state index contributed by atoms with van der Waals surface area (Å²) in [6.07, 6.45) is 6.04. The minimum atomic E-state index is -3.54. The molecule has 0 bridgehead atoms. The van der Waals surface area contributed by atoms with E-state index in [9.17, 15) is 13.2 Å². The molecule has 6 heteroatoms. The molecule has 2 saturated carbocycles. The molecule has 3 aliphatic rings. The van der Waals surface area contributed by atoms with Crippen molar-refractivity contribution in [2.45, 2.75) is 65.0 Å². The van der Waals surface area contributed by atoms with Crippen LogP contribution in [0.2, 0.25) is 0 Å². The molecule has 0 spiro atoms. The summed E-state index contributed by atoms with van der Waals surface area (Å²) in [6.45, 7) is 9.94. The third-order valence-electron chi connectivity index (χ3n) is 7.56. The van der Waals surface area contributed by atoms with Crippen LogP contribution in [0.25, 0.3) is 0 Å². The van der Waals surface area contributed by atoms with E-state index >= 15 is 0 Å². The van der Waals surface area contributed by atoms with E-state index in [1.54, 1.807) is 20.1 Å². The van der Waals surface area contributed by atoms with Crippen molar-refractivity contribution in [2.75, 3.05) is 12.9 Å². The van der Waals surface area contributed by atoms with Crippen molar-refractivity contribution >= 4 is 15.9 Å². The van der Waals surface area contributed by atoms with Crippen LogP contribution >= 0.6 is 0 Å². The van der Waals surface area contributed by atoms with Gasteiger partial charge in [0.05, 0.1) is 23.8 Å². The van der Waals surface area contributed by atoms with Crippen molar-refractivity contribution in [3.63, 3.8) is 0 Å². The first-order valence-corrected chi connectivity index (χ1v) is 11.5. The van der Waals surface area contributed by atoms with Gasteiger partial charge in [-0.3, -0.25) is 4.79 Å². The summed E-state index contributed by atoms with van der Waals surface area (Å²) in [5, 5.41) is 0. The molecule has 26 heavy (non-hydrogen) atoms. The van der Waals surface area contributed by atoms with Gasteiger partial charge in [0.25, 0.3) is 0 Å². The van der Waals surface area contributed by atoms with Crippen LogP contribution in [-0.4, -0.2) is 43.6 Å². The second kappa shape index (κ2) is 6.93. The van der Waals surface area contributed by atoms with Crippen LogP contribution in [0.5, 0.6) is 0 Å². The molecule has 6 atom stereocenters. The van der Waals surface area contributed by atoms with Crippen molar-refractivity contribution in [3.8, 4) is 0 Å². The lowest BCUT2D eigenvalue weighted by atomic mass is 9.53. The molecule has 0 aromatic carbocycles. The van der Waals surface area contributed by atoms with E-state index in [2.05, 4.69) is 20.4 Å². The molecule has 3 fully saturated rings. The Morgan fingerprint density at radius 1 is 1.38 bits per heavy atom. The Balaban J connectivity index is 1.85. The standard InChI is InChI=1S/C20H33NO4S/c1-6-7-8-18(25-5)14(4)19(22)21-17-11-15-9-10-20(15,13(2)3)16(17)12-26(21,23)24/h6,13-18H,1,7-12H2,2-5H3/t14-,15?,16-,17+,18-,20?/m1/s1. The smallest absolute Gasteiger partial charge is 0.241 e. The van der Waals surface area contributed by atoms with Crippen LogP contribution < -0.4 is 0 Å². The van der Waals surface area contributed by atoms with Crippen molar-refractivity contribution in [1.82, 2.24) is 4.31 Å². The molecule has 0 radical (unpaired) electrons. The zero-order valence-electron chi connectivity index (χ0n) is 16.5. The van der Waals surface area contributed by atoms with E-state index in [0.717, 1.165) is 19.3 Å². The van der Waals surface area contributed by atoms with Crippen LogP contribution in [0.4, 0.5) is 0 Å². The summed E-state index contributed by atoms with van der Waals surface area (Å²) in [5.41, 5.74) is 0.111. The van der Waals surface area contributed by atoms with Crippen molar-refractivity contribution in [3.05, 3.63) is 12.7 Å². The Morgan fingerprint density at radius 2 is 2.08 bits per heavy atom. The van der Waals surface area contributed by atoms with Gasteiger partial charge in [-0.25, -0.2) is 12.7 Å². The molecule has 5 nitrogen and oxygen atoms in total. The van der Waals surface area contributed by atoms with Gasteiger partial charge in [-0.2, -0.15) is 0 Å². The molecule has 1 heterocycles. The minimum Gasteiger partial charge on any atom is -0.381 e. The van der Waals surface area contributed by atoms with E-state index < -0.39 is 15.9 Å². The maximum atomic E-state index is 13.2. The number of hydrogen-bond donors (Lipinski definition) is 0. The number of carbonyl (C=O) groups excluding carboxylic acids is 1. The van der Waals surface area contributed by atoms with Gasteiger partial charge < -0.3 is 4.74 Å². The number of carbonyl (C=O) groups is 1. The highest BCUT2D eigenvalue weighted by molar-refractivity contribution is 7.89. The number of allylic oxidation sites excluding steroid dienone is 1. The summed E-state index contributed by atoms with van der Waals surface area (Å²) in [7, 11) is -1.95. The number of nitrogens with zero attached hydrogens (tertiary/aromatic N) is 1. The molecule has 0 aromatic heterocycles. The molecule has 2 aliphatic carbocycles. The third kappa shape index (κ3) is 2.75. The van der Waals surface area contributed by atoms with Crippen LogP contribution in [0.1, 0.15) is 52.9 Å². The van der Waals surface area contributed by atoms with E-state index in [-0.39, 0.29) is 35.1 Å². The van der Waals surface area contributed by atoms with Gasteiger partial charge in [-0.15, -0.1) is 6.58 Å². The van der Waals surface area contributed by atoms with Crippen LogP contribution in [0.3, 0.4) is 0 Å². The van der Waals surface area contributed by atoms with Gasteiger partial charge in [0.15, 0.2) is 0 Å². The van der Waals surface area contributed by atoms with E-state index in [1.807, 2.05) is 0 Å². The third-order valence-corrected chi connectivity index (χ3v) is 9.39. The predicted molar refractivity (Wildman–Crippen MR) is 102 cm³/mol. The predicted octanol–water partition coefficient (Wildman–Crippen LogP) is 3.22. The van der Waals surface area contributed by atoms with Crippen LogP contribution in [0, 0.1) is 29.1 Å². The topological polar surface area (TPSA) is 63.7 Å². The molecular formula is C20H33NO4S. The number of fused-ring (bicyclic) bond motifs is 3. The molecule has 0 aromatic rings. The largest absolute Gasteiger partial charge is 0.381 e. The maximum absolute atomic E-state index is 13.2. The number of amides is 1. The fraction of sp³-hybridized carbons (Fsp3) is 0.850. The Hall–Kier alpha value is -0.880. The molecule has 0 N–H and O–H groups in total. The van der Waals surface area contributed by atoms with Crippen LogP contribution in [-0.2, 0) is 19.6 Å². The number of sulfonamides is 1. The highest BCUT2D eigenvalue weighted by Gasteiger charge is 2.67. The zero-order valence-corrected chi connectivity index (χ0v) is 17.3. The fourth-order valence-corrected chi connectivity index (χ4v) is 8.30. The first-order valence-electron chi connectivity index (χ1n) is 9.90. The number of rotatable bonds is 7. The van der Waals surface area contributed by atoms with E-state index in [4.69, 9.17) is 4.74 Å². The quantitative estimate of drug-likeness (QED) is 0.633. The van der Waals surface area contributed by atoms with Gasteiger partial charge in [-0.05, 0) is 49.4 Å². The monoisotopic (exact) mass is 383 g/mol. The summed E-state index contributed by atoms with van der Waals surface area (Å²) >= 11 is 0. The summed E-state index contributed by atoms with van der Waals surface area (Å²) in [4.78, 5) is 13.2. The average molecular weight is 384 g/mol. The first kappa shape index (κ1) is 19.9. The highest BCUT2D eigenvalue weighted by Crippen LogP contribution is 2.67. The van der Waals surface area contributed by atoms with Gasteiger partial charge in [0.1, 0.15) is 0 Å². The van der Waals surface area contributed by atoms with Crippen LogP contribution in [0.15, 0.2) is 12.7 Å². The molecule has 1 amide bonds. The van der Waals surface area contributed by atoms with E-state index in [1.165, 1.54) is 10.7 Å². The lowest BCUT2D eigenvalue weighted by molar-refractivity contribution is -0.136.